The molecule has 0 aromatic heterocycles. The van der Waals surface area contributed by atoms with Crippen molar-refractivity contribution in [2.24, 2.45) is 16.7 Å². The first kappa shape index (κ1) is 18.7. The highest BCUT2D eigenvalue weighted by atomic mass is 16.2. The molecule has 3 rings (SSSR count). The van der Waals surface area contributed by atoms with Gasteiger partial charge < -0.3 is 9.80 Å². The van der Waals surface area contributed by atoms with Crippen LogP contribution in [0.25, 0.3) is 0 Å². The van der Waals surface area contributed by atoms with Gasteiger partial charge in [-0.15, -0.1) is 0 Å². The second kappa shape index (κ2) is 7.28. The normalized spacial score (nSPS) is 28.4. The van der Waals surface area contributed by atoms with E-state index in [0.717, 1.165) is 51.2 Å². The molecule has 1 saturated carbocycles. The summed E-state index contributed by atoms with van der Waals surface area (Å²) in [5.74, 6) is 1.35. The van der Waals surface area contributed by atoms with Gasteiger partial charge in [0.25, 0.3) is 0 Å². The Labute approximate surface area is 153 Å². The van der Waals surface area contributed by atoms with Crippen molar-refractivity contribution in [2.75, 3.05) is 26.2 Å². The van der Waals surface area contributed by atoms with Crippen LogP contribution in [0.2, 0.25) is 0 Å². The van der Waals surface area contributed by atoms with Gasteiger partial charge in [0.2, 0.25) is 11.8 Å². The molecule has 1 spiro atoms. The maximum atomic E-state index is 13.2. The third-order valence-electron chi connectivity index (χ3n) is 6.44. The number of amides is 2. The van der Waals surface area contributed by atoms with Crippen LogP contribution in [0.5, 0.6) is 0 Å². The Kier molecular flexibility index (Phi) is 5.45. The van der Waals surface area contributed by atoms with Crippen molar-refractivity contribution >= 4 is 11.8 Å². The summed E-state index contributed by atoms with van der Waals surface area (Å²) in [6.45, 7) is 9.71. The monoisotopic (exact) mass is 348 g/mol. The first-order chi connectivity index (χ1) is 11.8. The molecule has 0 radical (unpaired) electrons. The molecule has 0 aromatic rings. The lowest BCUT2D eigenvalue weighted by Gasteiger charge is -2.41. The van der Waals surface area contributed by atoms with Gasteiger partial charge >= 0.3 is 0 Å². The van der Waals surface area contributed by atoms with E-state index in [1.807, 2.05) is 4.90 Å². The average molecular weight is 349 g/mol. The van der Waals surface area contributed by atoms with Gasteiger partial charge in [-0.3, -0.25) is 9.59 Å². The van der Waals surface area contributed by atoms with Crippen molar-refractivity contribution in [1.29, 1.82) is 0 Å². The van der Waals surface area contributed by atoms with Crippen molar-refractivity contribution in [2.45, 2.75) is 78.6 Å². The zero-order valence-electron chi connectivity index (χ0n) is 16.5. The molecule has 3 aliphatic rings. The molecule has 1 aliphatic carbocycles. The van der Waals surface area contributed by atoms with Gasteiger partial charge in [-0.25, -0.2) is 0 Å². The van der Waals surface area contributed by atoms with Crippen LogP contribution in [-0.2, 0) is 9.59 Å². The van der Waals surface area contributed by atoms with E-state index < -0.39 is 0 Å². The quantitative estimate of drug-likeness (QED) is 0.774. The maximum Gasteiger partial charge on any atom is 0.230 e. The van der Waals surface area contributed by atoms with Crippen LogP contribution in [0.15, 0.2) is 0 Å². The van der Waals surface area contributed by atoms with Crippen molar-refractivity contribution in [3.8, 4) is 0 Å². The van der Waals surface area contributed by atoms with Crippen molar-refractivity contribution in [3.05, 3.63) is 0 Å². The van der Waals surface area contributed by atoms with Gasteiger partial charge in [-0.05, 0) is 37.0 Å². The standard InChI is InChI=1S/C21H36N2O2/c1-20(2,3)15-23-13-6-11-21(19(23)25)12-14-22(16-21)18(24)10-9-17-7-4-5-8-17/h17H,4-16H2,1-3H3/t21-/m0/s1. The first-order valence-corrected chi connectivity index (χ1v) is 10.4. The molecule has 25 heavy (non-hydrogen) atoms. The highest BCUT2D eigenvalue weighted by molar-refractivity contribution is 5.86. The maximum absolute atomic E-state index is 13.2. The van der Waals surface area contributed by atoms with Gasteiger partial charge in [0.1, 0.15) is 0 Å². The zero-order valence-corrected chi connectivity index (χ0v) is 16.5. The zero-order chi connectivity index (χ0) is 18.1. The minimum absolute atomic E-state index is 0.129. The number of nitrogens with zero attached hydrogens (tertiary/aromatic N) is 2. The van der Waals surface area contributed by atoms with E-state index in [-0.39, 0.29) is 16.7 Å². The predicted molar refractivity (Wildman–Crippen MR) is 100 cm³/mol. The Hall–Kier alpha value is -1.06. The third-order valence-corrected chi connectivity index (χ3v) is 6.44. The van der Waals surface area contributed by atoms with E-state index in [9.17, 15) is 9.59 Å². The average Bonchev–Trinajstić information content (AvgIpc) is 3.19. The van der Waals surface area contributed by atoms with Crippen LogP contribution in [-0.4, -0.2) is 47.8 Å². The Morgan fingerprint density at radius 2 is 1.84 bits per heavy atom. The summed E-state index contributed by atoms with van der Waals surface area (Å²) in [5.41, 5.74) is -0.157. The molecule has 0 N–H and O–H groups in total. The van der Waals surface area contributed by atoms with Crippen LogP contribution in [0.4, 0.5) is 0 Å². The van der Waals surface area contributed by atoms with Crippen LogP contribution in [0, 0.1) is 16.7 Å². The summed E-state index contributed by atoms with van der Waals surface area (Å²) < 4.78 is 0. The van der Waals surface area contributed by atoms with E-state index in [2.05, 4.69) is 25.7 Å². The number of rotatable bonds is 4. The smallest absolute Gasteiger partial charge is 0.230 e. The van der Waals surface area contributed by atoms with Gasteiger partial charge in [0, 0.05) is 32.6 Å². The molecule has 0 bridgehead atoms. The Balaban J connectivity index is 1.56. The molecular formula is C21H36N2O2. The second-order valence-electron chi connectivity index (χ2n) is 9.93. The molecule has 4 heteroatoms. The first-order valence-electron chi connectivity index (χ1n) is 10.4. The van der Waals surface area contributed by atoms with E-state index in [4.69, 9.17) is 0 Å². The summed E-state index contributed by atoms with van der Waals surface area (Å²) in [5, 5.41) is 0. The predicted octanol–water partition coefficient (Wildman–Crippen LogP) is 3.84. The summed E-state index contributed by atoms with van der Waals surface area (Å²) >= 11 is 0. The summed E-state index contributed by atoms with van der Waals surface area (Å²) in [6.07, 6.45) is 9.90. The Morgan fingerprint density at radius 3 is 2.52 bits per heavy atom. The highest BCUT2D eigenvalue weighted by Crippen LogP contribution is 2.41. The van der Waals surface area contributed by atoms with E-state index in [1.54, 1.807) is 0 Å². The lowest BCUT2D eigenvalue weighted by atomic mass is 9.77. The minimum atomic E-state index is -0.285. The van der Waals surface area contributed by atoms with Crippen LogP contribution in [0.3, 0.4) is 0 Å². The Morgan fingerprint density at radius 1 is 1.12 bits per heavy atom. The fourth-order valence-corrected chi connectivity index (χ4v) is 5.12. The van der Waals surface area contributed by atoms with Crippen LogP contribution in [0.1, 0.15) is 78.6 Å². The lowest BCUT2D eigenvalue weighted by molar-refractivity contribution is -0.147. The molecule has 2 saturated heterocycles. The van der Waals surface area contributed by atoms with Crippen molar-refractivity contribution in [1.82, 2.24) is 9.80 Å². The number of piperidine rings is 1. The van der Waals surface area contributed by atoms with Gasteiger partial charge in [-0.1, -0.05) is 46.5 Å². The number of hydrogen-bond donors (Lipinski definition) is 0. The topological polar surface area (TPSA) is 40.6 Å². The highest BCUT2D eigenvalue weighted by Gasteiger charge is 2.49. The summed E-state index contributed by atoms with van der Waals surface area (Å²) in [4.78, 5) is 29.9. The van der Waals surface area contributed by atoms with E-state index >= 15 is 0 Å². The van der Waals surface area contributed by atoms with Crippen LogP contribution < -0.4 is 0 Å². The van der Waals surface area contributed by atoms with Crippen molar-refractivity contribution < 1.29 is 9.59 Å². The molecule has 2 heterocycles. The Bertz CT molecular complexity index is 505. The SMILES string of the molecule is CC(C)(C)CN1CCC[C@@]2(CCN(C(=O)CCC3CCCC3)C2)C1=O. The summed E-state index contributed by atoms with van der Waals surface area (Å²) in [7, 11) is 0. The van der Waals surface area contributed by atoms with E-state index in [0.29, 0.717) is 18.9 Å². The third kappa shape index (κ3) is 4.38. The lowest BCUT2D eigenvalue weighted by Crippen LogP contribution is -2.52. The second-order valence-corrected chi connectivity index (χ2v) is 9.93. The molecule has 0 aromatic carbocycles. The molecule has 4 nitrogen and oxygen atoms in total. The fourth-order valence-electron chi connectivity index (χ4n) is 5.12. The molecule has 2 aliphatic heterocycles. The number of likely N-dealkylation sites (tertiary alicyclic amines) is 2. The number of carbonyl (C=O) groups is 2. The fraction of sp³-hybridized carbons (Fsp3) is 0.905. The molecule has 1 atom stereocenters. The largest absolute Gasteiger partial charge is 0.342 e. The molecule has 3 fully saturated rings. The minimum Gasteiger partial charge on any atom is -0.342 e. The number of carbonyl (C=O) groups excluding carboxylic acids is 2. The van der Waals surface area contributed by atoms with Crippen LogP contribution >= 0.6 is 0 Å². The molecule has 2 amide bonds. The van der Waals surface area contributed by atoms with Gasteiger partial charge in [-0.2, -0.15) is 0 Å². The van der Waals surface area contributed by atoms with Gasteiger partial charge in [0.05, 0.1) is 5.41 Å². The number of hydrogen-bond acceptors (Lipinski definition) is 2. The molecule has 0 unspecified atom stereocenters. The van der Waals surface area contributed by atoms with E-state index in [1.165, 1.54) is 25.7 Å². The summed E-state index contributed by atoms with van der Waals surface area (Å²) in [6, 6.07) is 0. The molecule has 142 valence electrons. The molecular weight excluding hydrogens is 312 g/mol. The van der Waals surface area contributed by atoms with Crippen molar-refractivity contribution in [3.63, 3.8) is 0 Å². The van der Waals surface area contributed by atoms with Gasteiger partial charge in [0.15, 0.2) is 0 Å².